The van der Waals surface area contributed by atoms with Gasteiger partial charge in [-0.3, -0.25) is 4.79 Å². The van der Waals surface area contributed by atoms with E-state index in [0.717, 1.165) is 10.0 Å². The Morgan fingerprint density at radius 3 is 2.70 bits per heavy atom. The van der Waals surface area contributed by atoms with Crippen molar-refractivity contribution in [3.63, 3.8) is 0 Å². The number of hydrogen-bond acceptors (Lipinski definition) is 5. The first kappa shape index (κ1) is 14.7. The Morgan fingerprint density at radius 1 is 1.30 bits per heavy atom. The molecule has 0 saturated carbocycles. The molecule has 7 heteroatoms. The van der Waals surface area contributed by atoms with E-state index in [0.29, 0.717) is 5.16 Å². The molecule has 1 N–H and O–H groups in total. The maximum atomic E-state index is 11.6. The van der Waals surface area contributed by atoms with Gasteiger partial charge >= 0.3 is 0 Å². The van der Waals surface area contributed by atoms with Gasteiger partial charge in [-0.15, -0.1) is 0 Å². The number of nitrogens with zero attached hydrogens (tertiary/aromatic N) is 3. The highest BCUT2D eigenvalue weighted by molar-refractivity contribution is 9.10. The fourth-order valence-corrected chi connectivity index (χ4v) is 2.11. The molecular weight excluding hydrogens is 340 g/mol. The Bertz CT molecular complexity index is 589. The van der Waals surface area contributed by atoms with Crippen LogP contribution in [0.25, 0.3) is 0 Å². The zero-order valence-corrected chi connectivity index (χ0v) is 12.8. The summed E-state index contributed by atoms with van der Waals surface area (Å²) in [7, 11) is 0. The number of carbonyl (C=O) groups excluding carboxylic acids is 1. The van der Waals surface area contributed by atoms with Gasteiger partial charge in [0.25, 0.3) is 5.91 Å². The molecule has 0 aliphatic rings. The molecule has 1 amide bonds. The Morgan fingerprint density at radius 2 is 2.00 bits per heavy atom. The van der Waals surface area contributed by atoms with Crippen molar-refractivity contribution in [1.29, 1.82) is 0 Å². The molecule has 1 aromatic carbocycles. The first-order valence-corrected chi connectivity index (χ1v) is 7.49. The molecule has 0 aliphatic carbocycles. The van der Waals surface area contributed by atoms with E-state index in [1.54, 1.807) is 24.7 Å². The van der Waals surface area contributed by atoms with E-state index in [1.807, 2.05) is 24.3 Å². The summed E-state index contributed by atoms with van der Waals surface area (Å²) >= 11 is 4.61. The van der Waals surface area contributed by atoms with Gasteiger partial charge in [-0.05, 0) is 23.8 Å². The lowest BCUT2D eigenvalue weighted by molar-refractivity contribution is -0.118. The number of nitrogens with one attached hydrogen (secondary N) is 1. The third kappa shape index (κ3) is 5.10. The maximum absolute atomic E-state index is 11.6. The second kappa shape index (κ2) is 7.76. The fourth-order valence-electron chi connectivity index (χ4n) is 1.25. The van der Waals surface area contributed by atoms with Crippen molar-refractivity contribution in [1.82, 2.24) is 15.4 Å². The summed E-state index contributed by atoms with van der Waals surface area (Å²) in [5, 5.41) is 4.46. The van der Waals surface area contributed by atoms with Crippen LogP contribution in [0.4, 0.5) is 0 Å². The van der Waals surface area contributed by atoms with E-state index in [-0.39, 0.29) is 11.7 Å². The number of carbonyl (C=O) groups is 1. The van der Waals surface area contributed by atoms with Crippen molar-refractivity contribution in [3.8, 4) is 0 Å². The lowest BCUT2D eigenvalue weighted by Crippen LogP contribution is -2.19. The number of hydrogen-bond donors (Lipinski definition) is 1. The van der Waals surface area contributed by atoms with Crippen LogP contribution >= 0.6 is 27.7 Å². The standard InChI is InChI=1S/C13H11BrN4OS/c14-11-4-2-10(3-5-11)8-17-18-12(19)9-20-13-15-6-1-7-16-13/h1-8H,9H2,(H,18,19)/b17-8-. The average molecular weight is 351 g/mol. The van der Waals surface area contributed by atoms with Gasteiger partial charge in [0.15, 0.2) is 5.16 Å². The van der Waals surface area contributed by atoms with Gasteiger partial charge in [0, 0.05) is 16.9 Å². The normalized spacial score (nSPS) is 10.7. The molecular formula is C13H11BrN4OS. The molecule has 2 aromatic rings. The Balaban J connectivity index is 1.76. The summed E-state index contributed by atoms with van der Waals surface area (Å²) < 4.78 is 0.998. The van der Waals surface area contributed by atoms with Gasteiger partial charge in [-0.25, -0.2) is 15.4 Å². The first-order chi connectivity index (χ1) is 9.74. The maximum Gasteiger partial charge on any atom is 0.250 e. The average Bonchev–Trinajstić information content (AvgIpc) is 2.48. The van der Waals surface area contributed by atoms with Gasteiger partial charge in [0.1, 0.15) is 0 Å². The molecule has 0 aliphatic heterocycles. The lowest BCUT2D eigenvalue weighted by atomic mass is 10.2. The van der Waals surface area contributed by atoms with E-state index >= 15 is 0 Å². The number of hydrazone groups is 1. The zero-order chi connectivity index (χ0) is 14.2. The van der Waals surface area contributed by atoms with Crippen LogP contribution in [0.3, 0.4) is 0 Å². The number of amides is 1. The Hall–Kier alpha value is -1.73. The predicted octanol–water partition coefficient (Wildman–Crippen LogP) is 2.48. The molecule has 102 valence electrons. The highest BCUT2D eigenvalue weighted by Gasteiger charge is 2.02. The Labute approximate surface area is 129 Å². The number of halogens is 1. The summed E-state index contributed by atoms with van der Waals surface area (Å²) in [6, 6.07) is 9.34. The molecule has 5 nitrogen and oxygen atoms in total. The minimum absolute atomic E-state index is 0.198. The van der Waals surface area contributed by atoms with Crippen molar-refractivity contribution in [2.24, 2.45) is 5.10 Å². The van der Waals surface area contributed by atoms with Gasteiger partial charge < -0.3 is 0 Å². The number of rotatable bonds is 5. The first-order valence-electron chi connectivity index (χ1n) is 5.71. The highest BCUT2D eigenvalue weighted by atomic mass is 79.9. The minimum Gasteiger partial charge on any atom is -0.272 e. The van der Waals surface area contributed by atoms with Gasteiger partial charge in [0.05, 0.1) is 12.0 Å². The van der Waals surface area contributed by atoms with Crippen molar-refractivity contribution in [3.05, 3.63) is 52.8 Å². The largest absolute Gasteiger partial charge is 0.272 e. The molecule has 0 radical (unpaired) electrons. The molecule has 0 fully saturated rings. The van der Waals surface area contributed by atoms with Crippen molar-refractivity contribution in [2.45, 2.75) is 5.16 Å². The van der Waals surface area contributed by atoms with Crippen molar-refractivity contribution >= 4 is 39.8 Å². The summed E-state index contributed by atoms with van der Waals surface area (Å²) in [5.41, 5.74) is 3.37. The van der Waals surface area contributed by atoms with E-state index in [9.17, 15) is 4.79 Å². The number of benzene rings is 1. The molecule has 0 saturated heterocycles. The molecule has 2 rings (SSSR count). The van der Waals surface area contributed by atoms with Crippen LogP contribution in [0.2, 0.25) is 0 Å². The molecule has 0 atom stereocenters. The summed E-state index contributed by atoms with van der Waals surface area (Å²) in [4.78, 5) is 19.6. The number of thioether (sulfide) groups is 1. The molecule has 0 bridgehead atoms. The Kier molecular flexibility index (Phi) is 5.69. The van der Waals surface area contributed by atoms with E-state index < -0.39 is 0 Å². The van der Waals surface area contributed by atoms with Crippen LogP contribution in [0.15, 0.2) is 57.5 Å². The van der Waals surface area contributed by atoms with E-state index in [4.69, 9.17) is 0 Å². The van der Waals surface area contributed by atoms with Gasteiger partial charge in [-0.2, -0.15) is 5.10 Å². The van der Waals surface area contributed by atoms with Crippen LogP contribution in [0.5, 0.6) is 0 Å². The number of aromatic nitrogens is 2. The summed E-state index contributed by atoms with van der Waals surface area (Å²) in [6.07, 6.45) is 4.87. The lowest BCUT2D eigenvalue weighted by Gasteiger charge is -1.99. The van der Waals surface area contributed by atoms with Crippen LogP contribution in [0, 0.1) is 0 Å². The molecule has 0 spiro atoms. The summed E-state index contributed by atoms with van der Waals surface area (Å²) in [5.74, 6) is 0.0256. The molecule has 0 unspecified atom stereocenters. The fraction of sp³-hybridized carbons (Fsp3) is 0.0769. The minimum atomic E-state index is -0.198. The third-order valence-corrected chi connectivity index (χ3v) is 3.55. The van der Waals surface area contributed by atoms with Gasteiger partial charge in [-0.1, -0.05) is 39.8 Å². The van der Waals surface area contributed by atoms with Crippen LogP contribution in [0.1, 0.15) is 5.56 Å². The smallest absolute Gasteiger partial charge is 0.250 e. The van der Waals surface area contributed by atoms with Crippen molar-refractivity contribution < 1.29 is 4.79 Å². The topological polar surface area (TPSA) is 67.2 Å². The van der Waals surface area contributed by atoms with Gasteiger partial charge in [0.2, 0.25) is 0 Å². The molecule has 20 heavy (non-hydrogen) atoms. The second-order valence-corrected chi connectivity index (χ2v) is 5.52. The van der Waals surface area contributed by atoms with E-state index in [1.165, 1.54) is 11.8 Å². The summed E-state index contributed by atoms with van der Waals surface area (Å²) in [6.45, 7) is 0. The second-order valence-electron chi connectivity index (χ2n) is 3.66. The predicted molar refractivity (Wildman–Crippen MR) is 82.6 cm³/mol. The van der Waals surface area contributed by atoms with Crippen molar-refractivity contribution in [2.75, 3.05) is 5.75 Å². The molecule has 1 heterocycles. The monoisotopic (exact) mass is 350 g/mol. The van der Waals surface area contributed by atoms with Crippen LogP contribution < -0.4 is 5.43 Å². The highest BCUT2D eigenvalue weighted by Crippen LogP contribution is 2.10. The SMILES string of the molecule is O=C(CSc1ncccn1)N/N=C\c1ccc(Br)cc1. The molecule has 1 aromatic heterocycles. The van der Waals surface area contributed by atoms with Crippen LogP contribution in [-0.4, -0.2) is 27.8 Å². The third-order valence-electron chi connectivity index (χ3n) is 2.15. The van der Waals surface area contributed by atoms with Crippen LogP contribution in [-0.2, 0) is 4.79 Å². The van der Waals surface area contributed by atoms with E-state index in [2.05, 4.69) is 36.4 Å². The quantitative estimate of drug-likeness (QED) is 0.389. The zero-order valence-electron chi connectivity index (χ0n) is 10.4.